The second kappa shape index (κ2) is 5.37. The van der Waals surface area contributed by atoms with Gasteiger partial charge in [-0.15, -0.1) is 0 Å². The topological polar surface area (TPSA) is 29.3 Å². The third-order valence-corrected chi connectivity index (χ3v) is 3.71. The number of nitrogens with two attached hydrogens (primary N) is 1. The van der Waals surface area contributed by atoms with Crippen LogP contribution in [-0.2, 0) is 0 Å². The molecule has 0 saturated carbocycles. The number of halogens is 1. The van der Waals surface area contributed by atoms with Gasteiger partial charge in [-0.05, 0) is 42.5 Å². The zero-order valence-corrected chi connectivity index (χ0v) is 11.3. The molecule has 1 unspecified atom stereocenters. The molecule has 0 bridgehead atoms. The minimum atomic E-state index is -0.207. The lowest BCUT2D eigenvalue weighted by Crippen LogP contribution is -2.43. The van der Waals surface area contributed by atoms with Gasteiger partial charge >= 0.3 is 0 Å². The lowest BCUT2D eigenvalue weighted by molar-refractivity contribution is 0.112. The van der Waals surface area contributed by atoms with E-state index in [9.17, 15) is 4.39 Å². The van der Waals surface area contributed by atoms with Gasteiger partial charge in [0.1, 0.15) is 5.82 Å². The van der Waals surface area contributed by atoms with E-state index in [1.807, 2.05) is 6.07 Å². The summed E-state index contributed by atoms with van der Waals surface area (Å²) in [6.45, 7) is 7.59. The molecule has 18 heavy (non-hydrogen) atoms. The summed E-state index contributed by atoms with van der Waals surface area (Å²) >= 11 is 0. The van der Waals surface area contributed by atoms with Crippen molar-refractivity contribution < 1.29 is 4.39 Å². The highest BCUT2D eigenvalue weighted by Crippen LogP contribution is 2.29. The third-order valence-electron chi connectivity index (χ3n) is 3.71. The molecule has 1 aromatic rings. The van der Waals surface area contributed by atoms with Gasteiger partial charge in [-0.25, -0.2) is 4.39 Å². The predicted octanol–water partition coefficient (Wildman–Crippen LogP) is 2.95. The number of piperidine rings is 1. The Morgan fingerprint density at radius 2 is 2.22 bits per heavy atom. The maximum atomic E-state index is 13.2. The van der Waals surface area contributed by atoms with Crippen molar-refractivity contribution in [2.75, 3.05) is 19.6 Å². The summed E-state index contributed by atoms with van der Waals surface area (Å²) in [5.74, 6) is -0.207. The van der Waals surface area contributed by atoms with Gasteiger partial charge < -0.3 is 10.6 Å². The molecule has 3 heteroatoms. The molecule has 0 radical (unpaired) electrons. The molecule has 2 N–H and O–H groups in total. The molecular weight excluding hydrogens is 227 g/mol. The van der Waals surface area contributed by atoms with E-state index in [1.165, 1.54) is 18.9 Å². The minimum absolute atomic E-state index is 0.102. The summed E-state index contributed by atoms with van der Waals surface area (Å²) < 4.78 is 13.2. The van der Waals surface area contributed by atoms with Crippen LogP contribution in [0.5, 0.6) is 0 Å². The van der Waals surface area contributed by atoms with E-state index < -0.39 is 0 Å². The van der Waals surface area contributed by atoms with E-state index in [0.29, 0.717) is 5.41 Å². The number of rotatable bonds is 3. The Balaban J connectivity index is 1.97. The number of hydrogen-bond donors (Lipinski definition) is 1. The van der Waals surface area contributed by atoms with Gasteiger partial charge in [0.05, 0.1) is 0 Å². The highest BCUT2D eigenvalue weighted by atomic mass is 19.1. The Morgan fingerprint density at radius 1 is 1.44 bits per heavy atom. The molecule has 1 fully saturated rings. The van der Waals surface area contributed by atoms with E-state index in [4.69, 9.17) is 5.73 Å². The van der Waals surface area contributed by atoms with Gasteiger partial charge in [0.15, 0.2) is 0 Å². The Labute approximate surface area is 109 Å². The van der Waals surface area contributed by atoms with Crippen molar-refractivity contribution in [1.82, 2.24) is 4.90 Å². The Bertz CT molecular complexity index is 403. The molecule has 0 amide bonds. The van der Waals surface area contributed by atoms with Crippen molar-refractivity contribution in [3.63, 3.8) is 0 Å². The maximum absolute atomic E-state index is 13.2. The third kappa shape index (κ3) is 3.53. The lowest BCUT2D eigenvalue weighted by atomic mass is 9.84. The van der Waals surface area contributed by atoms with Crippen LogP contribution in [-0.4, -0.2) is 24.5 Å². The summed E-state index contributed by atoms with van der Waals surface area (Å²) in [7, 11) is 0. The van der Waals surface area contributed by atoms with Crippen LogP contribution in [0.15, 0.2) is 24.3 Å². The van der Waals surface area contributed by atoms with Crippen LogP contribution in [0.4, 0.5) is 4.39 Å². The monoisotopic (exact) mass is 250 g/mol. The fourth-order valence-corrected chi connectivity index (χ4v) is 2.82. The van der Waals surface area contributed by atoms with Crippen LogP contribution < -0.4 is 5.73 Å². The Kier molecular flexibility index (Phi) is 4.03. The summed E-state index contributed by atoms with van der Waals surface area (Å²) in [5, 5.41) is 0. The molecule has 2 rings (SSSR count). The van der Waals surface area contributed by atoms with Gasteiger partial charge in [-0.3, -0.25) is 0 Å². The molecular formula is C15H23FN2. The second-order valence-corrected chi connectivity index (χ2v) is 6.16. The molecule has 1 heterocycles. The van der Waals surface area contributed by atoms with E-state index in [0.717, 1.165) is 25.2 Å². The quantitative estimate of drug-likeness (QED) is 0.893. The molecule has 2 nitrogen and oxygen atoms in total. The molecule has 0 aromatic heterocycles. The molecule has 1 aliphatic heterocycles. The summed E-state index contributed by atoms with van der Waals surface area (Å²) in [5.41, 5.74) is 7.44. The Morgan fingerprint density at radius 3 is 2.89 bits per heavy atom. The summed E-state index contributed by atoms with van der Waals surface area (Å²) in [6.07, 6.45) is 2.50. The van der Waals surface area contributed by atoms with Gasteiger partial charge in [0.2, 0.25) is 0 Å². The fourth-order valence-electron chi connectivity index (χ4n) is 2.82. The van der Waals surface area contributed by atoms with Crippen LogP contribution in [0.3, 0.4) is 0 Å². The summed E-state index contributed by atoms with van der Waals surface area (Å²) in [4.78, 5) is 2.40. The minimum Gasteiger partial charge on any atom is -0.323 e. The van der Waals surface area contributed by atoms with Gasteiger partial charge in [0, 0.05) is 19.1 Å². The molecule has 1 aromatic carbocycles. The number of nitrogens with zero attached hydrogens (tertiary/aromatic N) is 1. The van der Waals surface area contributed by atoms with E-state index >= 15 is 0 Å². The predicted molar refractivity (Wildman–Crippen MR) is 72.8 cm³/mol. The van der Waals surface area contributed by atoms with Crippen molar-refractivity contribution >= 4 is 0 Å². The van der Waals surface area contributed by atoms with E-state index in [-0.39, 0.29) is 11.9 Å². The highest BCUT2D eigenvalue weighted by molar-refractivity contribution is 5.20. The normalized spacial score (nSPS) is 21.8. The number of hydrogen-bond acceptors (Lipinski definition) is 2. The maximum Gasteiger partial charge on any atom is 0.123 e. The van der Waals surface area contributed by atoms with Crippen LogP contribution in [0.25, 0.3) is 0 Å². The van der Waals surface area contributed by atoms with Crippen molar-refractivity contribution in [2.24, 2.45) is 11.1 Å². The number of benzene rings is 1. The fraction of sp³-hybridized carbons (Fsp3) is 0.600. The second-order valence-electron chi connectivity index (χ2n) is 6.16. The number of likely N-dealkylation sites (tertiary alicyclic amines) is 1. The lowest BCUT2D eigenvalue weighted by Gasteiger charge is -2.39. The first-order chi connectivity index (χ1) is 8.46. The van der Waals surface area contributed by atoms with Gasteiger partial charge in [-0.2, -0.15) is 0 Å². The average Bonchev–Trinajstić information content (AvgIpc) is 2.27. The zero-order valence-electron chi connectivity index (χ0n) is 11.3. The van der Waals surface area contributed by atoms with Gasteiger partial charge in [0.25, 0.3) is 0 Å². The highest BCUT2D eigenvalue weighted by Gasteiger charge is 2.27. The van der Waals surface area contributed by atoms with Crippen molar-refractivity contribution in [3.8, 4) is 0 Å². The molecule has 1 saturated heterocycles. The van der Waals surface area contributed by atoms with E-state index in [1.54, 1.807) is 12.1 Å². The molecule has 1 atom stereocenters. The van der Waals surface area contributed by atoms with Crippen LogP contribution >= 0.6 is 0 Å². The SMILES string of the molecule is CC1(C)CCCN(CC(N)c2cccc(F)c2)C1. The first kappa shape index (κ1) is 13.5. The van der Waals surface area contributed by atoms with Gasteiger partial charge in [-0.1, -0.05) is 26.0 Å². The molecule has 100 valence electrons. The molecule has 0 aliphatic carbocycles. The average molecular weight is 250 g/mol. The summed E-state index contributed by atoms with van der Waals surface area (Å²) in [6, 6.07) is 6.53. The van der Waals surface area contributed by atoms with Crippen molar-refractivity contribution in [2.45, 2.75) is 32.7 Å². The van der Waals surface area contributed by atoms with Crippen molar-refractivity contribution in [1.29, 1.82) is 0 Å². The van der Waals surface area contributed by atoms with Crippen LogP contribution in [0.1, 0.15) is 38.3 Å². The largest absolute Gasteiger partial charge is 0.323 e. The smallest absolute Gasteiger partial charge is 0.123 e. The van der Waals surface area contributed by atoms with E-state index in [2.05, 4.69) is 18.7 Å². The molecule has 1 aliphatic rings. The standard InChI is InChI=1S/C15H23FN2/c1-15(2)7-4-8-18(11-15)10-14(17)12-5-3-6-13(16)9-12/h3,5-6,9,14H,4,7-8,10-11,17H2,1-2H3. The molecule has 0 spiro atoms. The van der Waals surface area contributed by atoms with Crippen LogP contribution in [0.2, 0.25) is 0 Å². The first-order valence-electron chi connectivity index (χ1n) is 6.70. The first-order valence-corrected chi connectivity index (χ1v) is 6.70. The van der Waals surface area contributed by atoms with Crippen LogP contribution in [0, 0.1) is 11.2 Å². The Hall–Kier alpha value is -0.930. The van der Waals surface area contributed by atoms with Crippen molar-refractivity contribution in [3.05, 3.63) is 35.6 Å². The zero-order chi connectivity index (χ0) is 13.2.